The fourth-order valence-corrected chi connectivity index (χ4v) is 2.61. The van der Waals surface area contributed by atoms with Gasteiger partial charge >= 0.3 is 0 Å². The lowest BCUT2D eigenvalue weighted by Gasteiger charge is -2.24. The van der Waals surface area contributed by atoms with Crippen molar-refractivity contribution in [3.63, 3.8) is 0 Å². The Morgan fingerprint density at radius 1 is 1.37 bits per heavy atom. The summed E-state index contributed by atoms with van der Waals surface area (Å²) in [7, 11) is 0. The highest BCUT2D eigenvalue weighted by molar-refractivity contribution is 9.10. The van der Waals surface area contributed by atoms with E-state index in [1.165, 1.54) is 12.3 Å². The lowest BCUT2D eigenvalue weighted by molar-refractivity contribution is 0.473. The Morgan fingerprint density at radius 3 is 2.68 bits per heavy atom. The van der Waals surface area contributed by atoms with E-state index in [9.17, 15) is 4.39 Å². The van der Waals surface area contributed by atoms with Crippen LogP contribution in [0.5, 0.6) is 0 Å². The van der Waals surface area contributed by atoms with Gasteiger partial charge in [0.05, 0.1) is 17.4 Å². The molecule has 0 radical (unpaired) electrons. The van der Waals surface area contributed by atoms with Crippen LogP contribution in [0.4, 0.5) is 4.39 Å². The van der Waals surface area contributed by atoms with Gasteiger partial charge in [-0.05, 0) is 43.2 Å². The van der Waals surface area contributed by atoms with Crippen LogP contribution in [0.2, 0.25) is 5.02 Å². The zero-order valence-corrected chi connectivity index (χ0v) is 12.7. The smallest absolute Gasteiger partial charge is 0.141 e. The molecule has 0 fully saturated rings. The molecule has 1 heterocycles. The molecular formula is C14H13BrClFN2. The summed E-state index contributed by atoms with van der Waals surface area (Å²) in [6, 6.07) is 8.61. The van der Waals surface area contributed by atoms with Crippen LogP contribution < -0.4 is 5.73 Å². The summed E-state index contributed by atoms with van der Waals surface area (Å²) in [4.78, 5) is 4.04. The maximum Gasteiger partial charge on any atom is 0.141 e. The van der Waals surface area contributed by atoms with E-state index in [0.29, 0.717) is 17.1 Å². The highest BCUT2D eigenvalue weighted by Crippen LogP contribution is 2.27. The van der Waals surface area contributed by atoms with Crippen molar-refractivity contribution < 1.29 is 4.39 Å². The third-order valence-corrected chi connectivity index (χ3v) is 3.73. The summed E-state index contributed by atoms with van der Waals surface area (Å²) in [5.41, 5.74) is 7.13. The van der Waals surface area contributed by atoms with Crippen LogP contribution in [0.3, 0.4) is 0 Å². The third kappa shape index (κ3) is 3.53. The molecule has 0 saturated carbocycles. The SMILES string of the molecule is CC(N)(Cc1ccc(Br)cc1Cl)c1ccc(F)cn1. The van der Waals surface area contributed by atoms with Crippen molar-refractivity contribution in [2.45, 2.75) is 18.9 Å². The minimum Gasteiger partial charge on any atom is -0.320 e. The van der Waals surface area contributed by atoms with Crippen LogP contribution in [0.15, 0.2) is 41.0 Å². The van der Waals surface area contributed by atoms with Crippen LogP contribution in [0, 0.1) is 5.82 Å². The molecule has 0 spiro atoms. The average Bonchev–Trinajstić information content (AvgIpc) is 2.33. The number of hydrogen-bond donors (Lipinski definition) is 1. The second-order valence-corrected chi connectivity index (χ2v) is 6.01. The van der Waals surface area contributed by atoms with Crippen molar-refractivity contribution in [3.8, 4) is 0 Å². The van der Waals surface area contributed by atoms with Gasteiger partial charge < -0.3 is 5.73 Å². The number of hydrogen-bond acceptors (Lipinski definition) is 2. The highest BCUT2D eigenvalue weighted by atomic mass is 79.9. The lowest BCUT2D eigenvalue weighted by Crippen LogP contribution is -2.36. The predicted molar refractivity (Wildman–Crippen MR) is 78.6 cm³/mol. The molecule has 0 aliphatic heterocycles. The molecule has 19 heavy (non-hydrogen) atoms. The van der Waals surface area contributed by atoms with Gasteiger partial charge in [-0.3, -0.25) is 4.98 Å². The van der Waals surface area contributed by atoms with Crippen LogP contribution in [0.25, 0.3) is 0 Å². The minimum absolute atomic E-state index is 0.374. The Labute approximate surface area is 124 Å². The zero-order chi connectivity index (χ0) is 14.0. The molecule has 0 aliphatic rings. The number of nitrogens with two attached hydrogens (primary N) is 1. The van der Waals surface area contributed by atoms with Crippen LogP contribution in [0.1, 0.15) is 18.2 Å². The molecule has 2 N–H and O–H groups in total. The average molecular weight is 344 g/mol. The van der Waals surface area contributed by atoms with Gasteiger partial charge in [-0.25, -0.2) is 4.39 Å². The number of nitrogens with zero attached hydrogens (tertiary/aromatic N) is 1. The van der Waals surface area contributed by atoms with E-state index in [1.807, 2.05) is 25.1 Å². The normalized spacial score (nSPS) is 14.2. The van der Waals surface area contributed by atoms with E-state index in [1.54, 1.807) is 6.07 Å². The number of halogens is 3. The van der Waals surface area contributed by atoms with E-state index >= 15 is 0 Å². The summed E-state index contributed by atoms with van der Waals surface area (Å²) in [6.07, 6.45) is 1.70. The Hall–Kier alpha value is -0.970. The standard InChI is InChI=1S/C14H13BrClFN2/c1-14(18,13-5-4-11(17)8-19-13)7-9-2-3-10(15)6-12(9)16/h2-6,8H,7,18H2,1H3. The Kier molecular flexibility index (Phi) is 4.23. The third-order valence-electron chi connectivity index (χ3n) is 2.89. The van der Waals surface area contributed by atoms with Gasteiger partial charge in [-0.15, -0.1) is 0 Å². The summed E-state index contributed by atoms with van der Waals surface area (Å²) in [5.74, 6) is -0.374. The lowest BCUT2D eigenvalue weighted by atomic mass is 9.90. The fourth-order valence-electron chi connectivity index (χ4n) is 1.86. The number of benzene rings is 1. The van der Waals surface area contributed by atoms with Crippen LogP contribution in [-0.4, -0.2) is 4.98 Å². The minimum atomic E-state index is -0.703. The highest BCUT2D eigenvalue weighted by Gasteiger charge is 2.24. The van der Waals surface area contributed by atoms with Gasteiger partial charge in [0.1, 0.15) is 5.82 Å². The first-order valence-electron chi connectivity index (χ1n) is 5.73. The Bertz CT molecular complexity index is 584. The molecule has 100 valence electrons. The molecule has 1 aromatic carbocycles. The van der Waals surface area contributed by atoms with Gasteiger partial charge in [-0.2, -0.15) is 0 Å². The quantitative estimate of drug-likeness (QED) is 0.913. The zero-order valence-electron chi connectivity index (χ0n) is 10.3. The molecule has 1 atom stereocenters. The van der Waals surface area contributed by atoms with E-state index in [0.717, 1.165) is 10.0 Å². The van der Waals surface area contributed by atoms with Gasteiger partial charge in [0.15, 0.2) is 0 Å². The van der Waals surface area contributed by atoms with Gasteiger partial charge in [0, 0.05) is 9.50 Å². The van der Waals surface area contributed by atoms with Crippen molar-refractivity contribution in [2.75, 3.05) is 0 Å². The molecule has 1 unspecified atom stereocenters. The molecule has 0 amide bonds. The molecule has 0 bridgehead atoms. The van der Waals surface area contributed by atoms with Crippen molar-refractivity contribution in [3.05, 3.63) is 63.1 Å². The molecule has 0 saturated heterocycles. The van der Waals surface area contributed by atoms with Crippen LogP contribution >= 0.6 is 27.5 Å². The summed E-state index contributed by atoms with van der Waals surface area (Å²) >= 11 is 9.54. The first-order valence-corrected chi connectivity index (χ1v) is 6.90. The Morgan fingerprint density at radius 2 is 2.11 bits per heavy atom. The van der Waals surface area contributed by atoms with E-state index in [2.05, 4.69) is 20.9 Å². The molecule has 2 nitrogen and oxygen atoms in total. The summed E-state index contributed by atoms with van der Waals surface area (Å²) in [5, 5.41) is 0.646. The Balaban J connectivity index is 2.27. The largest absolute Gasteiger partial charge is 0.320 e. The first-order chi connectivity index (χ1) is 8.88. The second-order valence-electron chi connectivity index (χ2n) is 4.69. The number of aromatic nitrogens is 1. The maximum absolute atomic E-state index is 12.9. The number of rotatable bonds is 3. The number of pyridine rings is 1. The van der Waals surface area contributed by atoms with Crippen molar-refractivity contribution in [1.82, 2.24) is 4.98 Å². The van der Waals surface area contributed by atoms with Crippen molar-refractivity contribution in [1.29, 1.82) is 0 Å². The van der Waals surface area contributed by atoms with Crippen LogP contribution in [-0.2, 0) is 12.0 Å². The summed E-state index contributed by atoms with van der Waals surface area (Å²) in [6.45, 7) is 1.85. The first kappa shape index (κ1) is 14.4. The maximum atomic E-state index is 12.9. The molecule has 2 aromatic rings. The topological polar surface area (TPSA) is 38.9 Å². The predicted octanol–water partition coefficient (Wildman–Crippen LogP) is 4.05. The second kappa shape index (κ2) is 5.57. The van der Waals surface area contributed by atoms with Gasteiger partial charge in [0.2, 0.25) is 0 Å². The summed E-state index contributed by atoms with van der Waals surface area (Å²) < 4.78 is 13.8. The molecule has 5 heteroatoms. The molecule has 2 rings (SSSR count). The van der Waals surface area contributed by atoms with E-state index in [4.69, 9.17) is 17.3 Å². The van der Waals surface area contributed by atoms with Gasteiger partial charge in [0.25, 0.3) is 0 Å². The van der Waals surface area contributed by atoms with Gasteiger partial charge in [-0.1, -0.05) is 33.6 Å². The fraction of sp³-hybridized carbons (Fsp3) is 0.214. The van der Waals surface area contributed by atoms with E-state index < -0.39 is 5.54 Å². The van der Waals surface area contributed by atoms with E-state index in [-0.39, 0.29) is 5.82 Å². The molecule has 1 aromatic heterocycles. The monoisotopic (exact) mass is 342 g/mol. The molecular weight excluding hydrogens is 331 g/mol. The van der Waals surface area contributed by atoms with Crippen molar-refractivity contribution in [2.24, 2.45) is 5.73 Å². The van der Waals surface area contributed by atoms with Crippen molar-refractivity contribution >= 4 is 27.5 Å². The molecule has 0 aliphatic carbocycles.